The van der Waals surface area contributed by atoms with Crippen LogP contribution in [0, 0.1) is 0 Å². The molecule has 0 aliphatic carbocycles. The molecule has 9 heteroatoms. The van der Waals surface area contributed by atoms with E-state index in [1.165, 1.54) is 257 Å². The van der Waals surface area contributed by atoms with E-state index in [0.29, 0.717) is 17.4 Å². The SMILES string of the molecule is CCCCCCCCCCCCCC/C=C/C(O)C(COP(=O)(O)OCC[N+](C)(C)C)NC(=O)CCCCCCCCCCCCCCCCCCC/C=C\CCCCCCCCCCCCCCCC. The summed E-state index contributed by atoms with van der Waals surface area (Å²) in [7, 11) is 1.59. The van der Waals surface area contributed by atoms with Gasteiger partial charge in [0, 0.05) is 6.42 Å². The van der Waals surface area contributed by atoms with Crippen LogP contribution >= 0.6 is 7.82 Å². The van der Waals surface area contributed by atoms with E-state index < -0.39 is 20.0 Å². The molecule has 422 valence electrons. The quantitative estimate of drug-likeness (QED) is 0.0243. The number of nitrogens with one attached hydrogen (secondary N) is 1. The van der Waals surface area contributed by atoms with Crippen LogP contribution in [0.25, 0.3) is 0 Å². The number of aliphatic hydroxyl groups excluding tert-OH is 1. The van der Waals surface area contributed by atoms with Gasteiger partial charge in [-0.2, -0.15) is 0 Å². The highest BCUT2D eigenvalue weighted by atomic mass is 31.2. The predicted octanol–water partition coefficient (Wildman–Crippen LogP) is 19.2. The van der Waals surface area contributed by atoms with Crippen molar-refractivity contribution in [3.63, 3.8) is 0 Å². The number of carbonyl (C=O) groups is 1. The second kappa shape index (κ2) is 53.8. The third-order valence-corrected chi connectivity index (χ3v) is 15.4. The molecule has 0 spiro atoms. The number of quaternary nitrogens is 1. The average Bonchev–Trinajstić information content (AvgIpc) is 3.33. The van der Waals surface area contributed by atoms with Crippen molar-refractivity contribution in [2.24, 2.45) is 0 Å². The molecule has 0 aromatic rings. The van der Waals surface area contributed by atoms with Crippen molar-refractivity contribution in [2.75, 3.05) is 40.9 Å². The number of aliphatic hydroxyl groups is 1. The maximum absolute atomic E-state index is 13.0. The van der Waals surface area contributed by atoms with Crippen molar-refractivity contribution in [1.29, 1.82) is 0 Å². The summed E-state index contributed by atoms with van der Waals surface area (Å²) in [6, 6.07) is -0.843. The second-order valence-electron chi connectivity index (χ2n) is 22.8. The Bertz CT molecular complexity index is 1210. The highest BCUT2D eigenvalue weighted by Gasteiger charge is 2.27. The van der Waals surface area contributed by atoms with E-state index in [9.17, 15) is 19.4 Å². The van der Waals surface area contributed by atoms with E-state index in [4.69, 9.17) is 9.05 Å². The molecule has 0 saturated carbocycles. The summed E-state index contributed by atoms with van der Waals surface area (Å²) in [6.45, 7) is 4.85. The molecule has 0 aromatic heterocycles. The molecule has 3 atom stereocenters. The number of amides is 1. The highest BCUT2D eigenvalue weighted by Crippen LogP contribution is 2.43. The molecule has 0 aliphatic rings. The van der Waals surface area contributed by atoms with Crippen LogP contribution in [0.1, 0.15) is 316 Å². The van der Waals surface area contributed by atoms with Gasteiger partial charge in [-0.05, 0) is 44.9 Å². The smallest absolute Gasteiger partial charge is 0.387 e. The maximum Gasteiger partial charge on any atom is 0.472 e. The van der Waals surface area contributed by atoms with Gasteiger partial charge in [-0.3, -0.25) is 13.8 Å². The summed E-state index contributed by atoms with van der Waals surface area (Å²) in [6.07, 6.45) is 68.8. The first-order valence-electron chi connectivity index (χ1n) is 31.2. The number of phosphoric acid groups is 1. The van der Waals surface area contributed by atoms with Gasteiger partial charge in [-0.1, -0.05) is 289 Å². The van der Waals surface area contributed by atoms with E-state index >= 15 is 0 Å². The molecule has 0 radical (unpaired) electrons. The molecule has 0 aromatic carbocycles. The summed E-state index contributed by atoms with van der Waals surface area (Å²) in [5.74, 6) is -0.172. The topological polar surface area (TPSA) is 105 Å². The number of nitrogens with zero attached hydrogens (tertiary/aromatic N) is 1. The fraction of sp³-hybridized carbons (Fsp3) is 0.919. The Hall–Kier alpha value is -1.02. The Morgan fingerprint density at radius 2 is 0.761 bits per heavy atom. The minimum atomic E-state index is -4.34. The highest BCUT2D eigenvalue weighted by molar-refractivity contribution is 7.47. The first-order valence-corrected chi connectivity index (χ1v) is 32.7. The van der Waals surface area contributed by atoms with Crippen molar-refractivity contribution in [1.82, 2.24) is 5.32 Å². The standard InChI is InChI=1S/C62H123N2O6P/c1-6-8-10-12-14-16-18-20-22-23-24-25-26-27-28-29-30-31-32-33-34-35-36-37-38-39-40-41-42-44-46-48-50-52-54-56-62(66)63-60(59-70-71(67,68)69-58-57-64(3,4)5)61(65)55-53-51-49-47-45-43-21-19-17-15-13-11-9-7-2/h29-30,53,55,60-61,65H,6-28,31-52,54,56-59H2,1-5H3,(H-,63,66,67,68)/p+1/b30-29-,55-53+. The monoisotopic (exact) mass is 1020 g/mol. The fourth-order valence-electron chi connectivity index (χ4n) is 9.51. The van der Waals surface area contributed by atoms with Gasteiger partial charge in [0.15, 0.2) is 0 Å². The third-order valence-electron chi connectivity index (χ3n) is 14.4. The number of likely N-dealkylation sites (N-methyl/N-ethyl adjacent to an activating group) is 1. The number of hydrogen-bond acceptors (Lipinski definition) is 5. The molecule has 0 aliphatic heterocycles. The molecule has 0 bridgehead atoms. The van der Waals surface area contributed by atoms with Crippen LogP contribution in [-0.4, -0.2) is 73.4 Å². The van der Waals surface area contributed by atoms with E-state index in [2.05, 4.69) is 31.3 Å². The largest absolute Gasteiger partial charge is 0.472 e. The predicted molar refractivity (Wildman–Crippen MR) is 309 cm³/mol. The number of unbranched alkanes of at least 4 members (excludes halogenated alkanes) is 43. The van der Waals surface area contributed by atoms with Gasteiger partial charge >= 0.3 is 7.82 Å². The van der Waals surface area contributed by atoms with Crippen molar-refractivity contribution in [3.05, 3.63) is 24.3 Å². The van der Waals surface area contributed by atoms with Crippen LogP contribution in [0.3, 0.4) is 0 Å². The third kappa shape index (κ3) is 56.5. The lowest BCUT2D eigenvalue weighted by molar-refractivity contribution is -0.870. The van der Waals surface area contributed by atoms with Crippen molar-refractivity contribution in [2.45, 2.75) is 328 Å². The molecule has 1 amide bonds. The molecular formula is C62H124N2O6P+. The number of hydrogen-bond donors (Lipinski definition) is 3. The van der Waals surface area contributed by atoms with Gasteiger partial charge in [-0.15, -0.1) is 0 Å². The van der Waals surface area contributed by atoms with Crippen molar-refractivity contribution < 1.29 is 32.9 Å². The van der Waals surface area contributed by atoms with E-state index in [-0.39, 0.29) is 19.1 Å². The Morgan fingerprint density at radius 1 is 0.465 bits per heavy atom. The molecule has 8 nitrogen and oxygen atoms in total. The van der Waals surface area contributed by atoms with E-state index in [1.807, 2.05) is 27.2 Å². The van der Waals surface area contributed by atoms with Crippen LogP contribution in [0.5, 0.6) is 0 Å². The van der Waals surface area contributed by atoms with Gasteiger partial charge in [0.1, 0.15) is 13.2 Å². The normalized spacial score (nSPS) is 14.0. The summed E-state index contributed by atoms with van der Waals surface area (Å²) < 4.78 is 23.7. The molecular weight excluding hydrogens is 900 g/mol. The lowest BCUT2D eigenvalue weighted by Crippen LogP contribution is -2.45. The first-order chi connectivity index (χ1) is 34.5. The van der Waals surface area contributed by atoms with Crippen LogP contribution in [0.15, 0.2) is 24.3 Å². The molecule has 71 heavy (non-hydrogen) atoms. The van der Waals surface area contributed by atoms with Gasteiger partial charge in [0.05, 0.1) is 39.9 Å². The van der Waals surface area contributed by atoms with Crippen molar-refractivity contribution in [3.8, 4) is 0 Å². The molecule has 0 heterocycles. The van der Waals surface area contributed by atoms with Crippen LogP contribution in [-0.2, 0) is 18.4 Å². The summed E-state index contributed by atoms with van der Waals surface area (Å²) in [5.41, 5.74) is 0. The molecule has 3 unspecified atom stereocenters. The zero-order chi connectivity index (χ0) is 52.0. The summed E-state index contributed by atoms with van der Waals surface area (Å²) in [4.78, 5) is 23.3. The number of phosphoric ester groups is 1. The number of rotatable bonds is 58. The van der Waals surface area contributed by atoms with E-state index in [0.717, 1.165) is 38.5 Å². The zero-order valence-electron chi connectivity index (χ0n) is 48.2. The molecule has 3 N–H and O–H groups in total. The van der Waals surface area contributed by atoms with Crippen molar-refractivity contribution >= 4 is 13.7 Å². The molecule has 0 fully saturated rings. The van der Waals surface area contributed by atoms with Crippen LogP contribution in [0.2, 0.25) is 0 Å². The van der Waals surface area contributed by atoms with Crippen LogP contribution < -0.4 is 5.32 Å². The van der Waals surface area contributed by atoms with Gasteiger partial charge in [-0.25, -0.2) is 4.57 Å². The minimum Gasteiger partial charge on any atom is -0.387 e. The molecule has 0 saturated heterocycles. The minimum absolute atomic E-state index is 0.0638. The average molecular weight is 1020 g/mol. The van der Waals surface area contributed by atoms with Gasteiger partial charge in [0.25, 0.3) is 0 Å². The maximum atomic E-state index is 13.0. The van der Waals surface area contributed by atoms with Gasteiger partial charge < -0.3 is 19.8 Å². The fourth-order valence-corrected chi connectivity index (χ4v) is 10.2. The lowest BCUT2D eigenvalue weighted by Gasteiger charge is -2.25. The zero-order valence-corrected chi connectivity index (χ0v) is 49.1. The van der Waals surface area contributed by atoms with Gasteiger partial charge in [0.2, 0.25) is 5.91 Å². The number of allylic oxidation sites excluding steroid dienone is 3. The number of carbonyl (C=O) groups excluding carboxylic acids is 1. The Balaban J connectivity index is 3.95. The Kier molecular flexibility index (Phi) is 53.0. The molecule has 0 rings (SSSR count). The lowest BCUT2D eigenvalue weighted by atomic mass is 10.0. The Labute approximate surface area is 443 Å². The summed E-state index contributed by atoms with van der Waals surface area (Å²) in [5, 5.41) is 13.9. The summed E-state index contributed by atoms with van der Waals surface area (Å²) >= 11 is 0. The second-order valence-corrected chi connectivity index (χ2v) is 24.2. The van der Waals surface area contributed by atoms with Crippen LogP contribution in [0.4, 0.5) is 0 Å². The Morgan fingerprint density at radius 3 is 1.08 bits per heavy atom. The first kappa shape index (κ1) is 70.0. The van der Waals surface area contributed by atoms with E-state index in [1.54, 1.807) is 6.08 Å².